The van der Waals surface area contributed by atoms with Gasteiger partial charge in [-0.2, -0.15) is 0 Å². The van der Waals surface area contributed by atoms with Gasteiger partial charge in [0.05, 0.1) is 18.8 Å². The molecule has 0 bridgehead atoms. The molecule has 1 aliphatic rings. The zero-order chi connectivity index (χ0) is 12.0. The first-order valence-electron chi connectivity index (χ1n) is 5.76. The minimum atomic E-state index is -0.0330. The highest BCUT2D eigenvalue weighted by Crippen LogP contribution is 2.12. The Morgan fingerprint density at radius 1 is 1.56 bits per heavy atom. The van der Waals surface area contributed by atoms with Gasteiger partial charge in [-0.05, 0) is 13.0 Å². The summed E-state index contributed by atoms with van der Waals surface area (Å²) in [5.74, 6) is 0.181. The van der Waals surface area contributed by atoms with Crippen LogP contribution in [0.5, 0.6) is 0 Å². The number of ether oxygens (including phenoxy) is 2. The van der Waals surface area contributed by atoms with Gasteiger partial charge in [-0.3, -0.25) is 4.79 Å². The molecule has 0 aromatic heterocycles. The van der Waals surface area contributed by atoms with Gasteiger partial charge in [0.25, 0.3) is 0 Å². The molecule has 0 aromatic rings. The lowest BCUT2D eigenvalue weighted by Gasteiger charge is -2.22. The van der Waals surface area contributed by atoms with E-state index in [2.05, 4.69) is 5.32 Å². The topological polar surface area (TPSA) is 50.8 Å². The first-order valence-corrected chi connectivity index (χ1v) is 5.76. The number of carbonyl (C=O) groups excluding carboxylic acids is 1. The van der Waals surface area contributed by atoms with E-state index in [1.54, 1.807) is 14.2 Å². The number of carbonyl (C=O) groups is 1. The lowest BCUT2D eigenvalue weighted by molar-refractivity contribution is -0.131. The highest BCUT2D eigenvalue weighted by atomic mass is 16.5. The standard InChI is InChI=1S/C11H22N2O3/c1-4-12-10-5-6-13(11(10)14)7-9(16-3)8-15-2/h9-10,12H,4-8H2,1-3H3. The van der Waals surface area contributed by atoms with Crippen molar-refractivity contribution in [3.05, 3.63) is 0 Å². The Morgan fingerprint density at radius 2 is 2.31 bits per heavy atom. The van der Waals surface area contributed by atoms with Crippen molar-refractivity contribution in [2.24, 2.45) is 0 Å². The zero-order valence-corrected chi connectivity index (χ0v) is 10.4. The minimum Gasteiger partial charge on any atom is -0.382 e. The minimum absolute atomic E-state index is 0.00921. The molecule has 1 fully saturated rings. The second-order valence-electron chi connectivity index (χ2n) is 4.00. The number of methoxy groups -OCH3 is 2. The number of nitrogens with zero attached hydrogens (tertiary/aromatic N) is 1. The third-order valence-electron chi connectivity index (χ3n) is 2.86. The normalized spacial score (nSPS) is 22.8. The van der Waals surface area contributed by atoms with Crippen LogP contribution in [0.15, 0.2) is 0 Å². The third kappa shape index (κ3) is 3.43. The van der Waals surface area contributed by atoms with E-state index in [9.17, 15) is 4.79 Å². The molecule has 0 aliphatic carbocycles. The van der Waals surface area contributed by atoms with Crippen LogP contribution in [-0.2, 0) is 14.3 Å². The van der Waals surface area contributed by atoms with Crippen LogP contribution < -0.4 is 5.32 Å². The van der Waals surface area contributed by atoms with Crippen molar-refractivity contribution in [1.29, 1.82) is 0 Å². The Kier molecular flexibility index (Phi) is 5.73. The fourth-order valence-corrected chi connectivity index (χ4v) is 1.98. The zero-order valence-electron chi connectivity index (χ0n) is 10.4. The van der Waals surface area contributed by atoms with E-state index < -0.39 is 0 Å². The summed E-state index contributed by atoms with van der Waals surface area (Å²) in [7, 11) is 3.28. The summed E-state index contributed by atoms with van der Waals surface area (Å²) in [6.07, 6.45) is 0.852. The Morgan fingerprint density at radius 3 is 2.88 bits per heavy atom. The molecule has 1 saturated heterocycles. The second kappa shape index (κ2) is 6.83. The van der Waals surface area contributed by atoms with E-state index >= 15 is 0 Å². The summed E-state index contributed by atoms with van der Waals surface area (Å²) in [4.78, 5) is 13.8. The molecule has 1 amide bonds. The van der Waals surface area contributed by atoms with Crippen LogP contribution in [0.4, 0.5) is 0 Å². The second-order valence-corrected chi connectivity index (χ2v) is 4.00. The van der Waals surface area contributed by atoms with Crippen LogP contribution in [0.3, 0.4) is 0 Å². The maximum atomic E-state index is 11.9. The van der Waals surface area contributed by atoms with Crippen molar-refractivity contribution in [2.45, 2.75) is 25.5 Å². The molecule has 1 rings (SSSR count). The van der Waals surface area contributed by atoms with E-state index in [1.165, 1.54) is 0 Å². The van der Waals surface area contributed by atoms with Gasteiger partial charge >= 0.3 is 0 Å². The van der Waals surface area contributed by atoms with E-state index in [1.807, 2.05) is 11.8 Å². The summed E-state index contributed by atoms with van der Waals surface area (Å²) in [5.41, 5.74) is 0. The Bertz CT molecular complexity index is 223. The fraction of sp³-hybridized carbons (Fsp3) is 0.909. The van der Waals surface area contributed by atoms with Crippen molar-refractivity contribution in [2.75, 3.05) is 40.5 Å². The summed E-state index contributed by atoms with van der Waals surface area (Å²) < 4.78 is 10.3. The maximum Gasteiger partial charge on any atom is 0.239 e. The number of hydrogen-bond donors (Lipinski definition) is 1. The van der Waals surface area contributed by atoms with Gasteiger partial charge in [0.2, 0.25) is 5.91 Å². The molecule has 2 atom stereocenters. The quantitative estimate of drug-likeness (QED) is 0.661. The van der Waals surface area contributed by atoms with E-state index in [4.69, 9.17) is 9.47 Å². The largest absolute Gasteiger partial charge is 0.382 e. The Hall–Kier alpha value is -0.650. The SMILES string of the molecule is CCNC1CCN(CC(COC)OC)C1=O. The lowest BCUT2D eigenvalue weighted by Crippen LogP contribution is -2.42. The van der Waals surface area contributed by atoms with Crippen molar-refractivity contribution < 1.29 is 14.3 Å². The molecule has 1 N–H and O–H groups in total. The van der Waals surface area contributed by atoms with Gasteiger partial charge in [-0.25, -0.2) is 0 Å². The van der Waals surface area contributed by atoms with E-state index in [-0.39, 0.29) is 18.1 Å². The average molecular weight is 230 g/mol. The Balaban J connectivity index is 2.40. The van der Waals surface area contributed by atoms with Gasteiger partial charge in [-0.1, -0.05) is 6.92 Å². The fourth-order valence-electron chi connectivity index (χ4n) is 1.98. The van der Waals surface area contributed by atoms with Gasteiger partial charge in [-0.15, -0.1) is 0 Å². The first-order chi connectivity index (χ1) is 7.72. The van der Waals surface area contributed by atoms with E-state index in [0.29, 0.717) is 13.2 Å². The summed E-state index contributed by atoms with van der Waals surface area (Å²) >= 11 is 0. The molecule has 0 aromatic carbocycles. The number of amides is 1. The molecule has 1 heterocycles. The van der Waals surface area contributed by atoms with Crippen LogP contribution in [0.2, 0.25) is 0 Å². The van der Waals surface area contributed by atoms with Crippen LogP contribution in [0.25, 0.3) is 0 Å². The van der Waals surface area contributed by atoms with E-state index in [0.717, 1.165) is 19.5 Å². The molecule has 16 heavy (non-hydrogen) atoms. The van der Waals surface area contributed by atoms with Gasteiger partial charge < -0.3 is 19.7 Å². The molecule has 94 valence electrons. The van der Waals surface area contributed by atoms with Crippen molar-refractivity contribution in [1.82, 2.24) is 10.2 Å². The number of rotatable bonds is 7. The monoisotopic (exact) mass is 230 g/mol. The summed E-state index contributed by atoms with van der Waals surface area (Å²) in [6, 6.07) is -0.00921. The lowest BCUT2D eigenvalue weighted by atomic mass is 10.2. The summed E-state index contributed by atoms with van der Waals surface area (Å²) in [5, 5.41) is 3.18. The molecule has 0 spiro atoms. The molecule has 1 aliphatic heterocycles. The molecular weight excluding hydrogens is 208 g/mol. The van der Waals surface area contributed by atoms with Gasteiger partial charge in [0, 0.05) is 27.3 Å². The van der Waals surface area contributed by atoms with Crippen LogP contribution in [-0.4, -0.2) is 63.4 Å². The first kappa shape index (κ1) is 13.4. The summed E-state index contributed by atoms with van der Waals surface area (Å²) in [6.45, 7) is 4.78. The smallest absolute Gasteiger partial charge is 0.239 e. The predicted molar refractivity (Wildman–Crippen MR) is 61.3 cm³/mol. The molecule has 0 saturated carbocycles. The predicted octanol–water partition coefficient (Wildman–Crippen LogP) is -0.142. The maximum absolute atomic E-state index is 11.9. The van der Waals surface area contributed by atoms with Crippen LogP contribution >= 0.6 is 0 Å². The highest BCUT2D eigenvalue weighted by molar-refractivity contribution is 5.84. The van der Waals surface area contributed by atoms with Crippen molar-refractivity contribution in [3.8, 4) is 0 Å². The highest BCUT2D eigenvalue weighted by Gasteiger charge is 2.31. The molecular formula is C11H22N2O3. The van der Waals surface area contributed by atoms with Crippen LogP contribution in [0, 0.1) is 0 Å². The van der Waals surface area contributed by atoms with Gasteiger partial charge in [0.15, 0.2) is 0 Å². The average Bonchev–Trinajstić information content (AvgIpc) is 2.61. The molecule has 0 radical (unpaired) electrons. The Labute approximate surface area is 97.1 Å². The van der Waals surface area contributed by atoms with Gasteiger partial charge in [0.1, 0.15) is 0 Å². The molecule has 5 nitrogen and oxygen atoms in total. The number of nitrogens with one attached hydrogen (secondary N) is 1. The number of likely N-dealkylation sites (tertiary alicyclic amines) is 1. The third-order valence-corrected chi connectivity index (χ3v) is 2.86. The number of hydrogen-bond acceptors (Lipinski definition) is 4. The number of likely N-dealkylation sites (N-methyl/N-ethyl adjacent to an activating group) is 1. The molecule has 5 heteroatoms. The van der Waals surface area contributed by atoms with Crippen LogP contribution in [0.1, 0.15) is 13.3 Å². The van der Waals surface area contributed by atoms with Crippen molar-refractivity contribution >= 4 is 5.91 Å². The van der Waals surface area contributed by atoms with Crippen molar-refractivity contribution in [3.63, 3.8) is 0 Å². The molecule has 2 unspecified atom stereocenters.